The van der Waals surface area contributed by atoms with Crippen LogP contribution in [0.3, 0.4) is 0 Å². The van der Waals surface area contributed by atoms with E-state index in [1.54, 1.807) is 25.5 Å². The van der Waals surface area contributed by atoms with E-state index in [0.717, 1.165) is 11.3 Å². The Morgan fingerprint density at radius 1 is 1.25 bits per heavy atom. The molecule has 1 aromatic heterocycles. The summed E-state index contributed by atoms with van der Waals surface area (Å²) in [4.78, 5) is 12.0. The molecule has 1 heterocycles. The average Bonchev–Trinajstić information content (AvgIpc) is 2.91. The van der Waals surface area contributed by atoms with Gasteiger partial charge in [-0.2, -0.15) is 0 Å². The molecule has 0 aliphatic rings. The maximum atomic E-state index is 12.0. The lowest BCUT2D eigenvalue weighted by Crippen LogP contribution is -2.41. The van der Waals surface area contributed by atoms with E-state index >= 15 is 0 Å². The molecule has 0 saturated carbocycles. The number of carbonyl (C=O) groups excluding carboxylic acids is 1. The molecule has 0 aliphatic heterocycles. The monoisotopic (exact) mass is 273 g/mol. The Labute approximate surface area is 118 Å². The van der Waals surface area contributed by atoms with Crippen LogP contribution in [-0.4, -0.2) is 13.0 Å². The van der Waals surface area contributed by atoms with Crippen molar-refractivity contribution in [3.63, 3.8) is 0 Å². The van der Waals surface area contributed by atoms with Crippen molar-refractivity contribution in [3.05, 3.63) is 54.0 Å². The summed E-state index contributed by atoms with van der Waals surface area (Å²) >= 11 is 0. The third-order valence-electron chi connectivity index (χ3n) is 3.18. The van der Waals surface area contributed by atoms with Crippen molar-refractivity contribution in [1.82, 2.24) is 5.32 Å². The van der Waals surface area contributed by atoms with Gasteiger partial charge in [-0.3, -0.25) is 4.79 Å². The first-order chi connectivity index (χ1) is 9.51. The van der Waals surface area contributed by atoms with E-state index in [9.17, 15) is 4.79 Å². The first kappa shape index (κ1) is 14.2. The van der Waals surface area contributed by atoms with E-state index in [2.05, 4.69) is 5.32 Å². The topological polar surface area (TPSA) is 51.5 Å². The van der Waals surface area contributed by atoms with Gasteiger partial charge in [-0.25, -0.2) is 0 Å². The van der Waals surface area contributed by atoms with Crippen LogP contribution in [0.2, 0.25) is 0 Å². The minimum atomic E-state index is -0.448. The summed E-state index contributed by atoms with van der Waals surface area (Å²) in [7, 11) is 1.63. The number of hydrogen-bond acceptors (Lipinski definition) is 3. The van der Waals surface area contributed by atoms with E-state index in [-0.39, 0.29) is 12.3 Å². The molecule has 0 radical (unpaired) electrons. The molecule has 2 aromatic rings. The Morgan fingerprint density at radius 3 is 2.50 bits per heavy atom. The van der Waals surface area contributed by atoms with Crippen molar-refractivity contribution in [2.75, 3.05) is 7.11 Å². The van der Waals surface area contributed by atoms with E-state index in [1.807, 2.05) is 38.1 Å². The number of furan rings is 1. The minimum Gasteiger partial charge on any atom is -0.497 e. The molecular weight excluding hydrogens is 254 g/mol. The van der Waals surface area contributed by atoms with Crippen molar-refractivity contribution in [3.8, 4) is 5.75 Å². The van der Waals surface area contributed by atoms with Gasteiger partial charge in [-0.1, -0.05) is 12.1 Å². The molecule has 4 heteroatoms. The van der Waals surface area contributed by atoms with Crippen LogP contribution in [0.1, 0.15) is 25.2 Å². The molecule has 4 nitrogen and oxygen atoms in total. The fraction of sp³-hybridized carbons (Fsp3) is 0.312. The second-order valence-corrected chi connectivity index (χ2v) is 5.16. The summed E-state index contributed by atoms with van der Waals surface area (Å²) in [6.45, 7) is 3.93. The predicted octanol–water partition coefficient (Wildman–Crippen LogP) is 2.88. The standard InChI is InChI=1S/C16H19NO3/c1-16(2,12-6-8-13(19-3)9-7-12)17-15(18)11-14-5-4-10-20-14/h4-10H,11H2,1-3H3,(H,17,18). The van der Waals surface area contributed by atoms with Crippen LogP contribution in [0.5, 0.6) is 5.75 Å². The highest BCUT2D eigenvalue weighted by molar-refractivity contribution is 5.78. The van der Waals surface area contributed by atoms with Crippen LogP contribution < -0.4 is 10.1 Å². The lowest BCUT2D eigenvalue weighted by molar-refractivity contribution is -0.122. The summed E-state index contributed by atoms with van der Waals surface area (Å²) < 4.78 is 10.3. The number of ether oxygens (including phenoxy) is 1. The van der Waals surface area contributed by atoms with Gasteiger partial charge in [0.25, 0.3) is 0 Å². The lowest BCUT2D eigenvalue weighted by atomic mass is 9.94. The molecule has 0 unspecified atom stereocenters. The zero-order valence-electron chi connectivity index (χ0n) is 12.0. The summed E-state index contributed by atoms with van der Waals surface area (Å²) in [5, 5.41) is 3.01. The average molecular weight is 273 g/mol. The van der Waals surface area contributed by atoms with Gasteiger partial charge in [-0.15, -0.1) is 0 Å². The number of nitrogens with one attached hydrogen (secondary N) is 1. The second-order valence-electron chi connectivity index (χ2n) is 5.16. The van der Waals surface area contributed by atoms with E-state index < -0.39 is 5.54 Å². The van der Waals surface area contributed by atoms with Gasteiger partial charge >= 0.3 is 0 Å². The molecule has 0 bridgehead atoms. The van der Waals surface area contributed by atoms with Crippen molar-refractivity contribution < 1.29 is 13.9 Å². The summed E-state index contributed by atoms with van der Waals surface area (Å²) in [6, 6.07) is 11.2. The number of rotatable bonds is 5. The molecule has 1 amide bonds. The Kier molecular flexibility index (Phi) is 4.13. The highest BCUT2D eigenvalue weighted by Crippen LogP contribution is 2.22. The third kappa shape index (κ3) is 3.41. The van der Waals surface area contributed by atoms with Crippen molar-refractivity contribution in [2.24, 2.45) is 0 Å². The first-order valence-corrected chi connectivity index (χ1v) is 6.49. The summed E-state index contributed by atoms with van der Waals surface area (Å²) in [6.07, 6.45) is 1.81. The van der Waals surface area contributed by atoms with Gasteiger partial charge in [0.15, 0.2) is 0 Å². The normalized spacial score (nSPS) is 11.2. The van der Waals surface area contributed by atoms with Gasteiger partial charge in [-0.05, 0) is 43.7 Å². The smallest absolute Gasteiger partial charge is 0.228 e. The molecule has 106 valence electrons. The van der Waals surface area contributed by atoms with Crippen LogP contribution in [0.4, 0.5) is 0 Å². The van der Waals surface area contributed by atoms with Gasteiger partial charge in [0, 0.05) is 0 Å². The van der Waals surface area contributed by atoms with E-state index in [4.69, 9.17) is 9.15 Å². The van der Waals surface area contributed by atoms with Crippen LogP contribution in [0.15, 0.2) is 47.1 Å². The highest BCUT2D eigenvalue weighted by atomic mass is 16.5. The molecule has 1 aromatic carbocycles. The van der Waals surface area contributed by atoms with Crippen LogP contribution in [0, 0.1) is 0 Å². The van der Waals surface area contributed by atoms with Crippen LogP contribution >= 0.6 is 0 Å². The zero-order valence-corrected chi connectivity index (χ0v) is 12.0. The Bertz CT molecular complexity index is 556. The van der Waals surface area contributed by atoms with Crippen molar-refractivity contribution in [2.45, 2.75) is 25.8 Å². The van der Waals surface area contributed by atoms with Crippen LogP contribution in [0.25, 0.3) is 0 Å². The summed E-state index contributed by atoms with van der Waals surface area (Å²) in [5.74, 6) is 1.39. The Morgan fingerprint density at radius 2 is 1.95 bits per heavy atom. The fourth-order valence-corrected chi connectivity index (χ4v) is 2.04. The van der Waals surface area contributed by atoms with E-state index in [1.165, 1.54) is 0 Å². The molecule has 0 atom stereocenters. The Hall–Kier alpha value is -2.23. The number of methoxy groups -OCH3 is 1. The van der Waals surface area contributed by atoms with Gasteiger partial charge in [0.05, 0.1) is 25.3 Å². The third-order valence-corrected chi connectivity index (χ3v) is 3.18. The fourth-order valence-electron chi connectivity index (χ4n) is 2.04. The molecule has 20 heavy (non-hydrogen) atoms. The molecule has 0 saturated heterocycles. The highest BCUT2D eigenvalue weighted by Gasteiger charge is 2.23. The van der Waals surface area contributed by atoms with Gasteiger partial charge in [0.1, 0.15) is 11.5 Å². The maximum absolute atomic E-state index is 12.0. The number of carbonyl (C=O) groups is 1. The predicted molar refractivity (Wildman–Crippen MR) is 76.6 cm³/mol. The largest absolute Gasteiger partial charge is 0.497 e. The van der Waals surface area contributed by atoms with Gasteiger partial charge in [0.2, 0.25) is 5.91 Å². The first-order valence-electron chi connectivity index (χ1n) is 6.49. The quantitative estimate of drug-likeness (QED) is 0.911. The molecule has 0 spiro atoms. The number of amides is 1. The molecular formula is C16H19NO3. The molecule has 0 fully saturated rings. The molecule has 1 N–H and O–H groups in total. The molecule has 2 rings (SSSR count). The lowest BCUT2D eigenvalue weighted by Gasteiger charge is -2.27. The number of benzene rings is 1. The Balaban J connectivity index is 2.03. The SMILES string of the molecule is COc1ccc(C(C)(C)NC(=O)Cc2ccco2)cc1. The van der Waals surface area contributed by atoms with Gasteiger partial charge < -0.3 is 14.5 Å². The zero-order chi connectivity index (χ0) is 14.6. The van der Waals surface area contributed by atoms with Crippen molar-refractivity contribution >= 4 is 5.91 Å². The van der Waals surface area contributed by atoms with Crippen LogP contribution in [-0.2, 0) is 16.8 Å². The second kappa shape index (κ2) is 5.82. The van der Waals surface area contributed by atoms with Crippen molar-refractivity contribution in [1.29, 1.82) is 0 Å². The minimum absolute atomic E-state index is 0.0687. The van der Waals surface area contributed by atoms with E-state index in [0.29, 0.717) is 5.76 Å². The molecule has 0 aliphatic carbocycles. The maximum Gasteiger partial charge on any atom is 0.228 e. The number of hydrogen-bond donors (Lipinski definition) is 1. The summed E-state index contributed by atoms with van der Waals surface area (Å²) in [5.41, 5.74) is 0.571.